The zero-order valence-electron chi connectivity index (χ0n) is 17.9. The Labute approximate surface area is 188 Å². The fourth-order valence-electron chi connectivity index (χ4n) is 3.31. The number of carbonyl (C=O) groups excluding carboxylic acids is 1. The Morgan fingerprint density at radius 1 is 1.17 bits per heavy atom. The summed E-state index contributed by atoms with van der Waals surface area (Å²) in [7, 11) is 0. The summed E-state index contributed by atoms with van der Waals surface area (Å²) in [6.45, 7) is 4.74. The molecule has 4 nitrogen and oxygen atoms in total. The zero-order valence-corrected chi connectivity index (χ0v) is 19.5. The van der Waals surface area contributed by atoms with Gasteiger partial charge < -0.3 is 10.4 Å². The lowest BCUT2D eigenvalue weighted by Crippen LogP contribution is -2.28. The van der Waals surface area contributed by atoms with E-state index in [9.17, 15) is 9.59 Å². The number of aliphatic carboxylic acids is 1. The maximum absolute atomic E-state index is 12.3. The third-order valence-electron chi connectivity index (χ3n) is 5.25. The van der Waals surface area contributed by atoms with Crippen LogP contribution in [0.1, 0.15) is 69.9 Å². The number of rotatable bonds is 13. The summed E-state index contributed by atoms with van der Waals surface area (Å²) in [6.07, 6.45) is 7.52. The van der Waals surface area contributed by atoms with E-state index in [4.69, 9.17) is 16.7 Å². The molecule has 2 aromatic rings. The molecule has 1 amide bonds. The third-order valence-corrected chi connectivity index (χ3v) is 6.63. The molecule has 0 saturated heterocycles. The number of carboxylic acid groups (broad SMARTS) is 1. The number of hydrogen-bond donors (Lipinski definition) is 2. The van der Waals surface area contributed by atoms with Crippen LogP contribution in [0.3, 0.4) is 0 Å². The van der Waals surface area contributed by atoms with E-state index < -0.39 is 5.97 Å². The van der Waals surface area contributed by atoms with Gasteiger partial charge in [-0.3, -0.25) is 9.59 Å². The fourth-order valence-corrected chi connectivity index (χ4v) is 4.50. The first-order valence-electron chi connectivity index (χ1n) is 10.8. The minimum Gasteiger partial charge on any atom is -0.481 e. The van der Waals surface area contributed by atoms with Crippen molar-refractivity contribution >= 4 is 34.8 Å². The molecule has 2 N–H and O–H groups in total. The molecule has 1 unspecified atom stereocenters. The Bertz CT molecular complexity index is 834. The largest absolute Gasteiger partial charge is 0.481 e. The Hall–Kier alpha value is -1.85. The van der Waals surface area contributed by atoms with Crippen LogP contribution in [-0.2, 0) is 22.6 Å². The second-order valence-corrected chi connectivity index (χ2v) is 9.16. The first kappa shape index (κ1) is 24.4. The van der Waals surface area contributed by atoms with Gasteiger partial charge in [-0.15, -0.1) is 11.3 Å². The van der Waals surface area contributed by atoms with Gasteiger partial charge >= 0.3 is 5.97 Å². The van der Waals surface area contributed by atoms with Gasteiger partial charge in [0.2, 0.25) is 5.91 Å². The predicted octanol–water partition coefficient (Wildman–Crippen LogP) is 6.70. The topological polar surface area (TPSA) is 66.4 Å². The standard InChI is InChI=1S/C24H32ClNO3S/c1-3-4-5-6-7-8-17(2)24(29)26-15-18-13-22(30-16-18)20-10-9-19(21(25)14-20)11-12-23(27)28/h9-10,13-14,16-17H,3-8,11-12,15H2,1-2H3,(H,26,29)(H,27,28). The lowest BCUT2D eigenvalue weighted by molar-refractivity contribution is -0.137. The summed E-state index contributed by atoms with van der Waals surface area (Å²) >= 11 is 7.94. The minimum atomic E-state index is -0.828. The molecule has 1 aromatic carbocycles. The maximum atomic E-state index is 12.3. The van der Waals surface area contributed by atoms with Crippen molar-refractivity contribution in [2.45, 2.75) is 71.8 Å². The Balaban J connectivity index is 1.84. The van der Waals surface area contributed by atoms with E-state index in [0.29, 0.717) is 18.0 Å². The number of amides is 1. The van der Waals surface area contributed by atoms with E-state index in [-0.39, 0.29) is 18.2 Å². The van der Waals surface area contributed by atoms with Crippen LogP contribution in [0.4, 0.5) is 0 Å². The molecule has 0 aliphatic rings. The lowest BCUT2D eigenvalue weighted by atomic mass is 10.0. The molecule has 30 heavy (non-hydrogen) atoms. The fraction of sp³-hybridized carbons (Fsp3) is 0.500. The second kappa shape index (κ2) is 12.8. The molecule has 0 aliphatic heterocycles. The molecular weight excluding hydrogens is 418 g/mol. The van der Waals surface area contributed by atoms with Crippen molar-refractivity contribution in [3.63, 3.8) is 0 Å². The van der Waals surface area contributed by atoms with E-state index in [1.165, 1.54) is 25.7 Å². The van der Waals surface area contributed by atoms with Crippen molar-refractivity contribution in [2.24, 2.45) is 5.92 Å². The molecule has 0 saturated carbocycles. The van der Waals surface area contributed by atoms with Crippen molar-refractivity contribution in [1.82, 2.24) is 5.32 Å². The van der Waals surface area contributed by atoms with E-state index in [1.807, 2.05) is 25.1 Å². The van der Waals surface area contributed by atoms with Gasteiger partial charge in [-0.2, -0.15) is 0 Å². The van der Waals surface area contributed by atoms with Crippen LogP contribution >= 0.6 is 22.9 Å². The monoisotopic (exact) mass is 449 g/mol. The quantitative estimate of drug-likeness (QED) is 0.334. The number of thiophene rings is 1. The van der Waals surface area contributed by atoms with Crippen molar-refractivity contribution in [3.8, 4) is 10.4 Å². The van der Waals surface area contributed by atoms with Crippen LogP contribution in [0.25, 0.3) is 10.4 Å². The summed E-state index contributed by atoms with van der Waals surface area (Å²) in [4.78, 5) is 24.2. The SMILES string of the molecule is CCCCCCCC(C)C(=O)NCc1csc(-c2ccc(CCC(=O)O)c(Cl)c2)c1. The summed E-state index contributed by atoms with van der Waals surface area (Å²) in [5.41, 5.74) is 2.92. The van der Waals surface area contributed by atoms with Gasteiger partial charge in [0.05, 0.1) is 0 Å². The van der Waals surface area contributed by atoms with Gasteiger partial charge in [0.1, 0.15) is 0 Å². The molecule has 6 heteroatoms. The number of nitrogens with one attached hydrogen (secondary N) is 1. The van der Waals surface area contributed by atoms with Crippen molar-refractivity contribution in [1.29, 1.82) is 0 Å². The minimum absolute atomic E-state index is 0.0434. The van der Waals surface area contributed by atoms with Crippen molar-refractivity contribution in [3.05, 3.63) is 45.8 Å². The molecule has 0 spiro atoms. The van der Waals surface area contributed by atoms with Crippen LogP contribution < -0.4 is 5.32 Å². The molecule has 0 radical (unpaired) electrons. The number of benzene rings is 1. The smallest absolute Gasteiger partial charge is 0.303 e. The number of carboxylic acids is 1. The Morgan fingerprint density at radius 3 is 2.63 bits per heavy atom. The van der Waals surface area contributed by atoms with Crippen LogP contribution in [-0.4, -0.2) is 17.0 Å². The van der Waals surface area contributed by atoms with Crippen LogP contribution in [0.2, 0.25) is 5.02 Å². The number of halogens is 1. The second-order valence-electron chi connectivity index (χ2n) is 7.84. The summed E-state index contributed by atoms with van der Waals surface area (Å²) in [5.74, 6) is -0.670. The molecule has 164 valence electrons. The summed E-state index contributed by atoms with van der Waals surface area (Å²) in [5, 5.41) is 14.5. The lowest BCUT2D eigenvalue weighted by Gasteiger charge is -2.11. The highest BCUT2D eigenvalue weighted by Crippen LogP contribution is 2.31. The van der Waals surface area contributed by atoms with E-state index >= 15 is 0 Å². The Kier molecular flexibility index (Phi) is 10.4. The summed E-state index contributed by atoms with van der Waals surface area (Å²) < 4.78 is 0. The number of carbonyl (C=O) groups is 2. The maximum Gasteiger partial charge on any atom is 0.303 e. The van der Waals surface area contributed by atoms with Gasteiger partial charge in [-0.05, 0) is 47.0 Å². The average Bonchev–Trinajstić information content (AvgIpc) is 3.19. The number of aryl methyl sites for hydroxylation is 1. The van der Waals surface area contributed by atoms with Gasteiger partial charge in [0.25, 0.3) is 0 Å². The zero-order chi connectivity index (χ0) is 21.9. The van der Waals surface area contributed by atoms with Gasteiger partial charge in [0.15, 0.2) is 0 Å². The van der Waals surface area contributed by atoms with Crippen LogP contribution in [0, 0.1) is 5.92 Å². The van der Waals surface area contributed by atoms with Crippen molar-refractivity contribution < 1.29 is 14.7 Å². The molecule has 1 heterocycles. The predicted molar refractivity (Wildman–Crippen MR) is 125 cm³/mol. The summed E-state index contributed by atoms with van der Waals surface area (Å²) in [6, 6.07) is 7.82. The van der Waals surface area contributed by atoms with E-state index in [1.54, 1.807) is 11.3 Å². The molecule has 2 rings (SSSR count). The van der Waals surface area contributed by atoms with Crippen LogP contribution in [0.5, 0.6) is 0 Å². The molecule has 1 aromatic heterocycles. The molecule has 0 bridgehead atoms. The third kappa shape index (κ3) is 8.11. The van der Waals surface area contributed by atoms with E-state index in [2.05, 4.69) is 23.7 Å². The Morgan fingerprint density at radius 2 is 1.93 bits per heavy atom. The molecular formula is C24H32ClNO3S. The van der Waals surface area contributed by atoms with Gasteiger partial charge in [-0.1, -0.05) is 69.7 Å². The van der Waals surface area contributed by atoms with Crippen molar-refractivity contribution in [2.75, 3.05) is 0 Å². The number of unbranched alkanes of at least 4 members (excludes halogenated alkanes) is 4. The normalized spacial score (nSPS) is 12.0. The highest BCUT2D eigenvalue weighted by atomic mass is 35.5. The molecule has 1 atom stereocenters. The van der Waals surface area contributed by atoms with E-state index in [0.717, 1.165) is 34.4 Å². The molecule has 0 fully saturated rings. The van der Waals surface area contributed by atoms with Gasteiger partial charge in [0, 0.05) is 28.8 Å². The first-order valence-corrected chi connectivity index (χ1v) is 12.0. The highest BCUT2D eigenvalue weighted by Gasteiger charge is 2.13. The highest BCUT2D eigenvalue weighted by molar-refractivity contribution is 7.13. The van der Waals surface area contributed by atoms with Gasteiger partial charge in [-0.25, -0.2) is 0 Å². The average molecular weight is 450 g/mol. The number of hydrogen-bond acceptors (Lipinski definition) is 3. The molecule has 0 aliphatic carbocycles. The van der Waals surface area contributed by atoms with Crippen LogP contribution in [0.15, 0.2) is 29.6 Å². The first-order chi connectivity index (χ1) is 14.4.